The van der Waals surface area contributed by atoms with Crippen LogP contribution in [0.2, 0.25) is 0 Å². The molecule has 0 spiro atoms. The first-order chi connectivity index (χ1) is 10.0. The van der Waals surface area contributed by atoms with Gasteiger partial charge in [-0.25, -0.2) is 8.78 Å². The van der Waals surface area contributed by atoms with Crippen LogP contribution in [0.15, 0.2) is 36.4 Å². The molecule has 1 nitrogen and oxygen atoms in total. The van der Waals surface area contributed by atoms with Crippen molar-refractivity contribution in [3.63, 3.8) is 0 Å². The molecule has 2 aromatic carbocycles. The minimum Gasteiger partial charge on any atom is -0.388 e. The average Bonchev–Trinajstić information content (AvgIpc) is 2.50. The van der Waals surface area contributed by atoms with Crippen molar-refractivity contribution < 1.29 is 13.9 Å². The Morgan fingerprint density at radius 1 is 0.905 bits per heavy atom. The molecule has 112 valence electrons. The summed E-state index contributed by atoms with van der Waals surface area (Å²) in [5, 5.41) is 10.4. The second kappa shape index (κ2) is 6.81. The SMILES string of the molecule is CCc1ccc(CC)c(C(O)Cc2ccc(F)c(F)c2)c1. The molecule has 1 N–H and O–H groups in total. The predicted molar refractivity (Wildman–Crippen MR) is 80.2 cm³/mol. The number of aliphatic hydroxyl groups excluding tert-OH is 1. The summed E-state index contributed by atoms with van der Waals surface area (Å²) in [5.41, 5.74) is 3.71. The molecule has 0 aliphatic carbocycles. The van der Waals surface area contributed by atoms with Crippen LogP contribution in [0.25, 0.3) is 0 Å². The molecule has 0 amide bonds. The maximum absolute atomic E-state index is 13.2. The summed E-state index contributed by atoms with van der Waals surface area (Å²) in [6.45, 7) is 4.10. The van der Waals surface area contributed by atoms with Crippen LogP contribution in [0.5, 0.6) is 0 Å². The van der Waals surface area contributed by atoms with Crippen molar-refractivity contribution in [3.05, 3.63) is 70.3 Å². The zero-order valence-corrected chi connectivity index (χ0v) is 12.4. The van der Waals surface area contributed by atoms with E-state index in [0.717, 1.165) is 41.7 Å². The van der Waals surface area contributed by atoms with Crippen LogP contribution in [0.3, 0.4) is 0 Å². The van der Waals surface area contributed by atoms with Crippen LogP contribution in [0.4, 0.5) is 8.78 Å². The van der Waals surface area contributed by atoms with Crippen molar-refractivity contribution in [2.75, 3.05) is 0 Å². The molecule has 0 radical (unpaired) electrons. The molecule has 3 heteroatoms. The standard InChI is InChI=1S/C18H20F2O/c1-3-12-5-7-14(4-2)15(9-12)18(21)11-13-6-8-16(19)17(20)10-13/h5-10,18,21H,3-4,11H2,1-2H3. The Kier molecular flexibility index (Phi) is 5.07. The van der Waals surface area contributed by atoms with Crippen molar-refractivity contribution in [2.24, 2.45) is 0 Å². The van der Waals surface area contributed by atoms with Gasteiger partial charge in [0.2, 0.25) is 0 Å². The molecule has 0 aliphatic rings. The number of benzene rings is 2. The fourth-order valence-corrected chi connectivity index (χ4v) is 2.50. The summed E-state index contributed by atoms with van der Waals surface area (Å²) in [4.78, 5) is 0. The van der Waals surface area contributed by atoms with E-state index < -0.39 is 17.7 Å². The summed E-state index contributed by atoms with van der Waals surface area (Å²) in [6.07, 6.45) is 1.29. The molecule has 0 bridgehead atoms. The van der Waals surface area contributed by atoms with Crippen molar-refractivity contribution in [1.29, 1.82) is 0 Å². The average molecular weight is 290 g/mol. The van der Waals surface area contributed by atoms with Gasteiger partial charge in [0.25, 0.3) is 0 Å². The first-order valence-corrected chi connectivity index (χ1v) is 7.28. The van der Waals surface area contributed by atoms with Crippen LogP contribution in [0, 0.1) is 11.6 Å². The number of hydrogen-bond acceptors (Lipinski definition) is 1. The fourth-order valence-electron chi connectivity index (χ4n) is 2.50. The molecule has 1 atom stereocenters. The van der Waals surface area contributed by atoms with Gasteiger partial charge in [0.1, 0.15) is 0 Å². The Hall–Kier alpha value is -1.74. The van der Waals surface area contributed by atoms with Gasteiger partial charge in [-0.2, -0.15) is 0 Å². The quantitative estimate of drug-likeness (QED) is 0.867. The van der Waals surface area contributed by atoms with Crippen LogP contribution in [0.1, 0.15) is 42.2 Å². The van der Waals surface area contributed by atoms with Crippen LogP contribution in [-0.4, -0.2) is 5.11 Å². The Bertz CT molecular complexity index is 623. The van der Waals surface area contributed by atoms with Crippen molar-refractivity contribution in [2.45, 2.75) is 39.2 Å². The second-order valence-corrected chi connectivity index (χ2v) is 5.21. The lowest BCUT2D eigenvalue weighted by atomic mass is 9.93. The molecule has 2 rings (SSSR count). The van der Waals surface area contributed by atoms with Gasteiger partial charge in [-0.1, -0.05) is 38.1 Å². The predicted octanol–water partition coefficient (Wildman–Crippen LogP) is 4.37. The normalized spacial score (nSPS) is 12.4. The summed E-state index contributed by atoms with van der Waals surface area (Å²) < 4.78 is 26.2. The molecule has 0 aliphatic heterocycles. The van der Waals surface area contributed by atoms with Gasteiger partial charge < -0.3 is 5.11 Å². The fraction of sp³-hybridized carbons (Fsp3) is 0.333. The first kappa shape index (κ1) is 15.6. The third-order valence-electron chi connectivity index (χ3n) is 3.77. The van der Waals surface area contributed by atoms with Gasteiger partial charge in [0.15, 0.2) is 11.6 Å². The molecule has 0 heterocycles. The minimum atomic E-state index is -0.877. The highest BCUT2D eigenvalue weighted by Gasteiger charge is 2.14. The molecule has 0 fully saturated rings. The molecule has 1 unspecified atom stereocenters. The van der Waals surface area contributed by atoms with Gasteiger partial charge in [0, 0.05) is 6.42 Å². The number of halogens is 2. The van der Waals surface area contributed by atoms with Gasteiger partial charge >= 0.3 is 0 Å². The van der Waals surface area contributed by atoms with Gasteiger partial charge in [0.05, 0.1) is 6.10 Å². The molecule has 0 saturated heterocycles. The van der Waals surface area contributed by atoms with E-state index in [4.69, 9.17) is 0 Å². The number of rotatable bonds is 5. The number of aliphatic hydroxyl groups is 1. The Labute approximate surface area is 124 Å². The summed E-state index contributed by atoms with van der Waals surface area (Å²) >= 11 is 0. The molecule has 21 heavy (non-hydrogen) atoms. The highest BCUT2D eigenvalue weighted by atomic mass is 19.2. The molecule has 0 saturated carbocycles. The summed E-state index contributed by atoms with van der Waals surface area (Å²) in [6, 6.07) is 9.85. The van der Waals surface area contributed by atoms with Crippen LogP contribution < -0.4 is 0 Å². The van der Waals surface area contributed by atoms with E-state index in [9.17, 15) is 13.9 Å². The highest BCUT2D eigenvalue weighted by molar-refractivity contribution is 5.35. The Morgan fingerprint density at radius 2 is 1.62 bits per heavy atom. The van der Waals surface area contributed by atoms with Gasteiger partial charge in [-0.05, 0) is 47.2 Å². The molecular formula is C18H20F2O. The zero-order valence-electron chi connectivity index (χ0n) is 12.4. The summed E-state index contributed by atoms with van der Waals surface area (Å²) in [7, 11) is 0. The van der Waals surface area contributed by atoms with Crippen molar-refractivity contribution in [1.82, 2.24) is 0 Å². The van der Waals surface area contributed by atoms with E-state index in [1.807, 2.05) is 19.1 Å². The van der Waals surface area contributed by atoms with Gasteiger partial charge in [-0.15, -0.1) is 0 Å². The van der Waals surface area contributed by atoms with E-state index in [1.165, 1.54) is 6.07 Å². The van der Waals surface area contributed by atoms with E-state index in [-0.39, 0.29) is 6.42 Å². The van der Waals surface area contributed by atoms with E-state index >= 15 is 0 Å². The number of aryl methyl sites for hydroxylation is 2. The third-order valence-corrected chi connectivity index (χ3v) is 3.77. The van der Waals surface area contributed by atoms with E-state index in [1.54, 1.807) is 0 Å². The van der Waals surface area contributed by atoms with Crippen LogP contribution >= 0.6 is 0 Å². The smallest absolute Gasteiger partial charge is 0.159 e. The zero-order chi connectivity index (χ0) is 15.4. The summed E-state index contributed by atoms with van der Waals surface area (Å²) in [5.74, 6) is -1.74. The monoisotopic (exact) mass is 290 g/mol. The number of hydrogen-bond donors (Lipinski definition) is 1. The maximum atomic E-state index is 13.2. The van der Waals surface area contributed by atoms with E-state index in [2.05, 4.69) is 13.0 Å². The lowest BCUT2D eigenvalue weighted by Gasteiger charge is -2.16. The lowest BCUT2D eigenvalue weighted by molar-refractivity contribution is 0.177. The maximum Gasteiger partial charge on any atom is 0.159 e. The Morgan fingerprint density at radius 3 is 2.24 bits per heavy atom. The highest BCUT2D eigenvalue weighted by Crippen LogP contribution is 2.25. The molecule has 0 aromatic heterocycles. The first-order valence-electron chi connectivity index (χ1n) is 7.28. The topological polar surface area (TPSA) is 20.2 Å². The van der Waals surface area contributed by atoms with Crippen molar-refractivity contribution in [3.8, 4) is 0 Å². The van der Waals surface area contributed by atoms with Gasteiger partial charge in [-0.3, -0.25) is 0 Å². The molecular weight excluding hydrogens is 270 g/mol. The second-order valence-electron chi connectivity index (χ2n) is 5.21. The van der Waals surface area contributed by atoms with Crippen LogP contribution in [-0.2, 0) is 19.3 Å². The Balaban J connectivity index is 2.26. The molecule has 2 aromatic rings. The lowest BCUT2D eigenvalue weighted by Crippen LogP contribution is -2.06. The minimum absolute atomic E-state index is 0.275. The van der Waals surface area contributed by atoms with Crippen molar-refractivity contribution >= 4 is 0 Å². The largest absolute Gasteiger partial charge is 0.388 e. The van der Waals surface area contributed by atoms with E-state index in [0.29, 0.717) is 5.56 Å². The third kappa shape index (κ3) is 3.67.